The van der Waals surface area contributed by atoms with E-state index in [2.05, 4.69) is 75.4 Å². The summed E-state index contributed by atoms with van der Waals surface area (Å²) in [5.41, 5.74) is 7.07. The molecule has 1 amide bonds. The fourth-order valence-corrected chi connectivity index (χ4v) is 5.83. The SMILES string of the molecule is Cn1cc(-c2cc3c(-c4ccc5c(c4)CCCC5NC(=O)c4cnc(C(C)(C)C)s4)ncnc3[nH]2)cn1. The summed E-state index contributed by atoms with van der Waals surface area (Å²) in [4.78, 5) is 30.7. The van der Waals surface area contributed by atoms with Crippen molar-refractivity contribution in [3.63, 3.8) is 0 Å². The van der Waals surface area contributed by atoms with Crippen molar-refractivity contribution in [3.05, 3.63) is 70.2 Å². The molecule has 5 aromatic rings. The van der Waals surface area contributed by atoms with Crippen LogP contribution in [0.2, 0.25) is 0 Å². The van der Waals surface area contributed by atoms with Gasteiger partial charge in [0, 0.05) is 35.2 Å². The molecule has 0 bridgehead atoms. The fraction of sp³-hybridized carbons (Fsp3) is 0.321. The molecule has 8 nitrogen and oxygen atoms in total. The Kier molecular flexibility index (Phi) is 5.67. The maximum absolute atomic E-state index is 13.1. The minimum Gasteiger partial charge on any atom is -0.344 e. The summed E-state index contributed by atoms with van der Waals surface area (Å²) in [5, 5.41) is 9.49. The van der Waals surface area contributed by atoms with Crippen LogP contribution in [-0.4, -0.2) is 35.6 Å². The van der Waals surface area contributed by atoms with Crippen LogP contribution >= 0.6 is 11.3 Å². The van der Waals surface area contributed by atoms with Crippen molar-refractivity contribution in [1.82, 2.24) is 35.0 Å². The first kappa shape index (κ1) is 23.5. The molecular formula is C28H29N7OS. The first-order valence-electron chi connectivity index (χ1n) is 12.5. The molecule has 2 N–H and O–H groups in total. The molecule has 0 fully saturated rings. The Labute approximate surface area is 219 Å². The molecule has 1 atom stereocenters. The summed E-state index contributed by atoms with van der Waals surface area (Å²) < 4.78 is 1.78. The zero-order chi connectivity index (χ0) is 25.7. The van der Waals surface area contributed by atoms with Gasteiger partial charge in [0.15, 0.2) is 0 Å². The summed E-state index contributed by atoms with van der Waals surface area (Å²) in [6.07, 6.45) is 10.0. The summed E-state index contributed by atoms with van der Waals surface area (Å²) in [5.74, 6) is -0.0531. The second-order valence-corrected chi connectivity index (χ2v) is 11.7. The molecule has 9 heteroatoms. The Morgan fingerprint density at radius 3 is 2.76 bits per heavy atom. The monoisotopic (exact) mass is 511 g/mol. The number of carbonyl (C=O) groups is 1. The average molecular weight is 512 g/mol. The van der Waals surface area contributed by atoms with Crippen LogP contribution in [0.15, 0.2) is 49.2 Å². The fourth-order valence-electron chi connectivity index (χ4n) is 4.95. The molecule has 4 aromatic heterocycles. The molecule has 188 valence electrons. The van der Waals surface area contributed by atoms with E-state index in [1.807, 2.05) is 19.4 Å². The van der Waals surface area contributed by atoms with Gasteiger partial charge in [0.2, 0.25) is 0 Å². The highest BCUT2D eigenvalue weighted by molar-refractivity contribution is 7.13. The van der Waals surface area contributed by atoms with Crippen molar-refractivity contribution < 1.29 is 4.79 Å². The third kappa shape index (κ3) is 4.44. The van der Waals surface area contributed by atoms with Crippen LogP contribution in [0.4, 0.5) is 0 Å². The van der Waals surface area contributed by atoms with Crippen LogP contribution in [0.5, 0.6) is 0 Å². The lowest BCUT2D eigenvalue weighted by molar-refractivity contribution is 0.0936. The van der Waals surface area contributed by atoms with Gasteiger partial charge in [-0.3, -0.25) is 9.48 Å². The highest BCUT2D eigenvalue weighted by Crippen LogP contribution is 2.36. The van der Waals surface area contributed by atoms with Crippen LogP contribution in [0.25, 0.3) is 33.5 Å². The number of nitrogens with zero attached hydrogens (tertiary/aromatic N) is 5. The number of H-pyrrole nitrogens is 1. The van der Waals surface area contributed by atoms with Gasteiger partial charge in [-0.2, -0.15) is 5.10 Å². The number of thiazole rings is 1. The van der Waals surface area contributed by atoms with E-state index in [0.717, 1.165) is 57.8 Å². The summed E-state index contributed by atoms with van der Waals surface area (Å²) in [7, 11) is 1.90. The quantitative estimate of drug-likeness (QED) is 0.328. The summed E-state index contributed by atoms with van der Waals surface area (Å²) in [6, 6.07) is 8.54. The molecule has 0 spiro atoms. The van der Waals surface area contributed by atoms with Gasteiger partial charge in [0.25, 0.3) is 5.91 Å². The first-order chi connectivity index (χ1) is 17.8. The molecule has 1 unspecified atom stereocenters. The molecule has 37 heavy (non-hydrogen) atoms. The number of benzene rings is 1. The average Bonchev–Trinajstić information content (AvgIpc) is 3.62. The lowest BCUT2D eigenvalue weighted by Crippen LogP contribution is -2.30. The third-order valence-electron chi connectivity index (χ3n) is 6.85. The van der Waals surface area contributed by atoms with Crippen LogP contribution in [-0.2, 0) is 18.9 Å². The second-order valence-electron chi connectivity index (χ2n) is 10.7. The Morgan fingerprint density at radius 1 is 1.14 bits per heavy atom. The summed E-state index contributed by atoms with van der Waals surface area (Å²) >= 11 is 1.47. The largest absolute Gasteiger partial charge is 0.344 e. The Morgan fingerprint density at radius 2 is 2.00 bits per heavy atom. The maximum Gasteiger partial charge on any atom is 0.263 e. The molecule has 0 saturated heterocycles. The van der Waals surface area contributed by atoms with Gasteiger partial charge in [-0.05, 0) is 42.5 Å². The third-order valence-corrected chi connectivity index (χ3v) is 8.27. The zero-order valence-electron chi connectivity index (χ0n) is 21.4. The normalized spacial score (nSPS) is 15.6. The number of carbonyl (C=O) groups excluding carboxylic acids is 1. The maximum atomic E-state index is 13.1. The number of aryl methyl sites for hydroxylation is 2. The molecular weight excluding hydrogens is 482 g/mol. The van der Waals surface area contributed by atoms with Crippen molar-refractivity contribution in [2.45, 2.75) is 51.5 Å². The highest BCUT2D eigenvalue weighted by Gasteiger charge is 2.25. The van der Waals surface area contributed by atoms with E-state index >= 15 is 0 Å². The predicted octanol–water partition coefficient (Wildman–Crippen LogP) is 5.59. The Hall–Kier alpha value is -3.85. The number of aromatic nitrogens is 6. The smallest absolute Gasteiger partial charge is 0.263 e. The van der Waals surface area contributed by atoms with Crippen molar-refractivity contribution in [3.8, 4) is 22.5 Å². The molecule has 6 rings (SSSR count). The number of nitrogens with one attached hydrogen (secondary N) is 2. The number of amides is 1. The van der Waals surface area contributed by atoms with Crippen molar-refractivity contribution in [2.75, 3.05) is 0 Å². The van der Waals surface area contributed by atoms with E-state index in [1.165, 1.54) is 22.5 Å². The van der Waals surface area contributed by atoms with E-state index in [1.54, 1.807) is 17.2 Å². The molecule has 0 saturated carbocycles. The second kappa shape index (κ2) is 8.92. The van der Waals surface area contributed by atoms with Crippen LogP contribution in [0.3, 0.4) is 0 Å². The lowest BCUT2D eigenvalue weighted by Gasteiger charge is -2.26. The van der Waals surface area contributed by atoms with E-state index in [4.69, 9.17) is 0 Å². The van der Waals surface area contributed by atoms with Gasteiger partial charge >= 0.3 is 0 Å². The number of fused-ring (bicyclic) bond motifs is 2. The van der Waals surface area contributed by atoms with E-state index in [-0.39, 0.29) is 17.4 Å². The zero-order valence-corrected chi connectivity index (χ0v) is 22.2. The number of aromatic amines is 1. The van der Waals surface area contributed by atoms with Crippen LogP contribution < -0.4 is 5.32 Å². The molecule has 4 heterocycles. The van der Waals surface area contributed by atoms with E-state index in [0.29, 0.717) is 4.88 Å². The summed E-state index contributed by atoms with van der Waals surface area (Å²) in [6.45, 7) is 6.34. The minimum atomic E-state index is -0.0678. The van der Waals surface area contributed by atoms with Crippen molar-refractivity contribution in [1.29, 1.82) is 0 Å². The molecule has 1 aliphatic rings. The van der Waals surface area contributed by atoms with Crippen molar-refractivity contribution in [2.24, 2.45) is 7.05 Å². The van der Waals surface area contributed by atoms with Gasteiger partial charge in [-0.1, -0.05) is 32.9 Å². The molecule has 1 aromatic carbocycles. The molecule has 1 aliphatic carbocycles. The molecule has 0 radical (unpaired) electrons. The van der Waals surface area contributed by atoms with Gasteiger partial charge in [-0.15, -0.1) is 11.3 Å². The number of rotatable bonds is 4. The standard InChI is InChI=1S/C28H29N7OS/c1-28(2,3)27-29-13-23(37-27)26(36)34-21-7-5-6-16-10-17(8-9-19(16)21)24-20-11-22(18-12-32-35(4)14-18)33-25(20)31-15-30-24/h8-15,21H,5-7H2,1-4H3,(H,34,36)(H,30,31,33). The first-order valence-corrected chi connectivity index (χ1v) is 13.3. The molecule has 0 aliphatic heterocycles. The Bertz CT molecular complexity index is 1620. The van der Waals surface area contributed by atoms with E-state index < -0.39 is 0 Å². The topological polar surface area (TPSA) is 101 Å². The van der Waals surface area contributed by atoms with E-state index in [9.17, 15) is 4.79 Å². The van der Waals surface area contributed by atoms with Gasteiger partial charge in [0.05, 0.1) is 34.8 Å². The Balaban J connectivity index is 1.29. The predicted molar refractivity (Wildman–Crippen MR) is 145 cm³/mol. The van der Waals surface area contributed by atoms with Gasteiger partial charge < -0.3 is 10.3 Å². The van der Waals surface area contributed by atoms with Gasteiger partial charge in [0.1, 0.15) is 16.9 Å². The lowest BCUT2D eigenvalue weighted by atomic mass is 9.86. The number of hydrogen-bond acceptors (Lipinski definition) is 6. The van der Waals surface area contributed by atoms with Crippen LogP contribution in [0.1, 0.15) is 65.5 Å². The highest BCUT2D eigenvalue weighted by atomic mass is 32.1. The minimum absolute atomic E-state index is 0.0136. The van der Waals surface area contributed by atoms with Crippen LogP contribution in [0, 0.1) is 0 Å². The van der Waals surface area contributed by atoms with Crippen molar-refractivity contribution >= 4 is 28.3 Å². The van der Waals surface area contributed by atoms with Gasteiger partial charge in [-0.25, -0.2) is 15.0 Å². The number of hydrogen-bond donors (Lipinski definition) is 2.